The molecule has 2 aliphatic rings. The predicted molar refractivity (Wildman–Crippen MR) is 139 cm³/mol. The predicted octanol–water partition coefficient (Wildman–Crippen LogP) is 6.32. The zero-order chi connectivity index (χ0) is 24.3. The third-order valence-electron chi connectivity index (χ3n) is 7.33. The number of H-pyrrole nitrogens is 1. The van der Waals surface area contributed by atoms with Crippen LogP contribution in [0.2, 0.25) is 10.0 Å². The molecule has 0 radical (unpaired) electrons. The van der Waals surface area contributed by atoms with Gasteiger partial charge >= 0.3 is 0 Å². The quantitative estimate of drug-likeness (QED) is 0.333. The lowest BCUT2D eigenvalue weighted by atomic mass is 9.83. The molecule has 1 N–H and O–H groups in total. The van der Waals surface area contributed by atoms with E-state index in [-0.39, 0.29) is 35.2 Å². The summed E-state index contributed by atoms with van der Waals surface area (Å²) in [5.41, 5.74) is 4.95. The Morgan fingerprint density at radius 1 is 0.914 bits per heavy atom. The number of carbonyl (C=O) groups is 2. The summed E-state index contributed by atoms with van der Waals surface area (Å²) in [5, 5.41) is 1.72. The Morgan fingerprint density at radius 2 is 1.66 bits per heavy atom. The first-order valence-electron chi connectivity index (χ1n) is 11.7. The van der Waals surface area contributed by atoms with Crippen LogP contribution in [0.3, 0.4) is 0 Å². The molecule has 7 heteroatoms. The fourth-order valence-corrected chi connectivity index (χ4v) is 6.04. The molecule has 0 spiro atoms. The number of nitrogens with one attached hydrogen (secondary N) is 1. The molecule has 0 bridgehead atoms. The minimum absolute atomic E-state index is 0.0604. The highest BCUT2D eigenvalue weighted by Crippen LogP contribution is 2.45. The van der Waals surface area contributed by atoms with Gasteiger partial charge in [0.05, 0.1) is 28.2 Å². The number of halogens is 2. The highest BCUT2D eigenvalue weighted by molar-refractivity contribution is 6.44. The molecule has 1 saturated heterocycles. The second-order valence-electron chi connectivity index (χ2n) is 9.19. The summed E-state index contributed by atoms with van der Waals surface area (Å²) >= 11 is 12.6. The number of hydrogen-bond acceptors (Lipinski definition) is 3. The largest absolute Gasteiger partial charge is 0.357 e. The lowest BCUT2D eigenvalue weighted by Gasteiger charge is -2.41. The molecule has 176 valence electrons. The van der Waals surface area contributed by atoms with Crippen LogP contribution < -0.4 is 4.90 Å². The number of para-hydroxylation sites is 1. The molecule has 5 nitrogen and oxygen atoms in total. The van der Waals surface area contributed by atoms with Gasteiger partial charge in [-0.2, -0.15) is 0 Å². The first-order chi connectivity index (χ1) is 17.0. The number of benzene rings is 3. The van der Waals surface area contributed by atoms with Crippen LogP contribution in [0.15, 0.2) is 72.8 Å². The van der Waals surface area contributed by atoms with Gasteiger partial charge in [-0.25, -0.2) is 4.90 Å². The molecular formula is C28H23Cl2N3O2. The van der Waals surface area contributed by atoms with Gasteiger partial charge in [0, 0.05) is 35.1 Å². The molecule has 0 aliphatic carbocycles. The summed E-state index contributed by atoms with van der Waals surface area (Å²) in [5.74, 6) is -0.474. The second kappa shape index (κ2) is 8.52. The third-order valence-corrected chi connectivity index (χ3v) is 8.14. The Labute approximate surface area is 213 Å². The van der Waals surface area contributed by atoms with E-state index in [1.165, 1.54) is 21.4 Å². The number of aromatic amines is 1. The molecule has 3 atom stereocenters. The van der Waals surface area contributed by atoms with Gasteiger partial charge in [0.1, 0.15) is 0 Å². The Hall–Kier alpha value is -3.12. The van der Waals surface area contributed by atoms with Gasteiger partial charge in [-0.3, -0.25) is 14.5 Å². The smallest absolute Gasteiger partial charge is 0.251 e. The van der Waals surface area contributed by atoms with Crippen LogP contribution in [0, 0.1) is 0 Å². The van der Waals surface area contributed by atoms with Crippen LogP contribution in [-0.2, 0) is 9.59 Å². The van der Waals surface area contributed by atoms with Crippen LogP contribution in [0.5, 0.6) is 0 Å². The number of imide groups is 1. The molecule has 2 aliphatic heterocycles. The minimum Gasteiger partial charge on any atom is -0.357 e. The van der Waals surface area contributed by atoms with Gasteiger partial charge in [-0.15, -0.1) is 0 Å². The number of hydrogen-bond donors (Lipinski definition) is 1. The normalized spacial score (nSPS) is 22.7. The van der Waals surface area contributed by atoms with Crippen molar-refractivity contribution in [3.63, 3.8) is 0 Å². The van der Waals surface area contributed by atoms with Crippen molar-refractivity contribution in [3.05, 3.63) is 99.7 Å². The van der Waals surface area contributed by atoms with Gasteiger partial charge in [0.2, 0.25) is 5.91 Å². The Morgan fingerprint density at radius 3 is 2.46 bits per heavy atom. The van der Waals surface area contributed by atoms with Crippen molar-refractivity contribution in [3.8, 4) is 0 Å². The molecule has 0 saturated carbocycles. The van der Waals surface area contributed by atoms with E-state index in [1.807, 2.05) is 24.3 Å². The van der Waals surface area contributed by atoms with Crippen LogP contribution >= 0.6 is 23.2 Å². The van der Waals surface area contributed by atoms with E-state index in [4.69, 9.17) is 23.2 Å². The summed E-state index contributed by atoms with van der Waals surface area (Å²) in [7, 11) is 0. The van der Waals surface area contributed by atoms with Gasteiger partial charge in [0.15, 0.2) is 0 Å². The highest BCUT2D eigenvalue weighted by Gasteiger charge is 2.48. The standard InChI is InChI=1S/C28H23Cl2N3O2/c1-16-27-25(18-10-5-6-12-21(18)31-27)19(17-8-3-2-4-9-17)15-32(16)23-14-24(34)33(28(23)35)22-13-7-11-20(29)26(22)30/h2-13,16,19,23,31H,14-15H2,1H3. The van der Waals surface area contributed by atoms with Crippen molar-refractivity contribution in [1.82, 2.24) is 9.88 Å². The van der Waals surface area contributed by atoms with Crippen LogP contribution in [0.25, 0.3) is 10.9 Å². The van der Waals surface area contributed by atoms with Crippen molar-refractivity contribution in [2.24, 2.45) is 0 Å². The van der Waals surface area contributed by atoms with Crippen molar-refractivity contribution in [1.29, 1.82) is 0 Å². The van der Waals surface area contributed by atoms with Crippen molar-refractivity contribution in [2.45, 2.75) is 31.3 Å². The van der Waals surface area contributed by atoms with Crippen molar-refractivity contribution in [2.75, 3.05) is 11.4 Å². The fraction of sp³-hybridized carbons (Fsp3) is 0.214. The average molecular weight is 504 g/mol. The lowest BCUT2D eigenvalue weighted by Crippen LogP contribution is -2.47. The van der Waals surface area contributed by atoms with E-state index >= 15 is 0 Å². The first-order valence-corrected chi connectivity index (χ1v) is 12.4. The maximum absolute atomic E-state index is 13.7. The molecule has 3 unspecified atom stereocenters. The molecular weight excluding hydrogens is 481 g/mol. The van der Waals surface area contributed by atoms with E-state index in [9.17, 15) is 9.59 Å². The van der Waals surface area contributed by atoms with Gasteiger partial charge in [-0.05, 0) is 36.2 Å². The second-order valence-corrected chi connectivity index (χ2v) is 9.98. The number of aromatic nitrogens is 1. The monoisotopic (exact) mass is 503 g/mol. The summed E-state index contributed by atoms with van der Waals surface area (Å²) in [6, 6.07) is 23.0. The van der Waals surface area contributed by atoms with E-state index in [0.717, 1.165) is 11.2 Å². The molecule has 1 aromatic heterocycles. The topological polar surface area (TPSA) is 56.4 Å². The number of carbonyl (C=O) groups excluding carboxylic acids is 2. The number of nitrogens with zero attached hydrogens (tertiary/aromatic N) is 2. The molecule has 6 rings (SSSR count). The third kappa shape index (κ3) is 3.49. The van der Waals surface area contributed by atoms with E-state index < -0.39 is 6.04 Å². The average Bonchev–Trinajstić information content (AvgIpc) is 3.40. The van der Waals surface area contributed by atoms with Crippen LogP contribution in [0.4, 0.5) is 5.69 Å². The maximum Gasteiger partial charge on any atom is 0.251 e. The molecule has 3 heterocycles. The molecule has 1 fully saturated rings. The van der Waals surface area contributed by atoms with Crippen LogP contribution in [0.1, 0.15) is 42.1 Å². The molecule has 35 heavy (non-hydrogen) atoms. The maximum atomic E-state index is 13.7. The summed E-state index contributed by atoms with van der Waals surface area (Å²) in [6.45, 7) is 2.73. The molecule has 3 aromatic carbocycles. The van der Waals surface area contributed by atoms with Gasteiger partial charge in [-0.1, -0.05) is 77.8 Å². The summed E-state index contributed by atoms with van der Waals surface area (Å²) < 4.78 is 0. The molecule has 2 amide bonds. The number of amides is 2. The Balaban J connectivity index is 1.43. The van der Waals surface area contributed by atoms with E-state index in [1.54, 1.807) is 18.2 Å². The summed E-state index contributed by atoms with van der Waals surface area (Å²) in [6.07, 6.45) is 0.100. The first kappa shape index (κ1) is 22.4. The highest BCUT2D eigenvalue weighted by atomic mass is 35.5. The van der Waals surface area contributed by atoms with Crippen molar-refractivity contribution >= 4 is 51.6 Å². The van der Waals surface area contributed by atoms with E-state index in [2.05, 4.69) is 47.1 Å². The fourth-order valence-electron chi connectivity index (χ4n) is 5.66. The zero-order valence-electron chi connectivity index (χ0n) is 19.0. The van der Waals surface area contributed by atoms with Crippen molar-refractivity contribution < 1.29 is 9.59 Å². The van der Waals surface area contributed by atoms with E-state index in [0.29, 0.717) is 17.3 Å². The molecule has 4 aromatic rings. The van der Waals surface area contributed by atoms with Crippen LogP contribution in [-0.4, -0.2) is 34.3 Å². The SMILES string of the molecule is CC1c2[nH]c3ccccc3c2C(c2ccccc2)CN1C1CC(=O)N(c2cccc(Cl)c2Cl)C1=O. The Bertz CT molecular complexity index is 1470. The number of anilines is 1. The minimum atomic E-state index is -0.585. The van der Waals surface area contributed by atoms with Gasteiger partial charge in [0.25, 0.3) is 5.91 Å². The zero-order valence-corrected chi connectivity index (χ0v) is 20.6. The summed E-state index contributed by atoms with van der Waals surface area (Å²) in [4.78, 5) is 33.8. The Kier molecular flexibility index (Phi) is 5.44. The number of rotatable bonds is 3. The number of fused-ring (bicyclic) bond motifs is 3. The lowest BCUT2D eigenvalue weighted by molar-refractivity contribution is -0.123. The van der Waals surface area contributed by atoms with Gasteiger partial charge < -0.3 is 4.98 Å².